The summed E-state index contributed by atoms with van der Waals surface area (Å²) in [7, 11) is 0. The molecule has 0 atom stereocenters. The molecule has 1 aromatic heterocycles. The van der Waals surface area contributed by atoms with Crippen LogP contribution in [0.5, 0.6) is 0 Å². The van der Waals surface area contributed by atoms with Crippen LogP contribution in [0.1, 0.15) is 54.7 Å². The molecule has 39 heavy (non-hydrogen) atoms. The van der Waals surface area contributed by atoms with Gasteiger partial charge < -0.3 is 4.90 Å². The monoisotopic (exact) mass is 540 g/mol. The lowest BCUT2D eigenvalue weighted by atomic mass is 9.94. The van der Waals surface area contributed by atoms with Crippen LogP contribution in [0.3, 0.4) is 0 Å². The molecule has 0 radical (unpaired) electrons. The van der Waals surface area contributed by atoms with Crippen LogP contribution in [-0.4, -0.2) is 23.3 Å². The summed E-state index contributed by atoms with van der Waals surface area (Å²) in [6.45, 7) is 7.18. The van der Waals surface area contributed by atoms with Gasteiger partial charge >= 0.3 is 0 Å². The molecule has 3 aromatic carbocycles. The van der Waals surface area contributed by atoms with Crippen molar-refractivity contribution in [1.29, 1.82) is 0 Å². The Morgan fingerprint density at radius 2 is 1.64 bits per heavy atom. The standard InChI is InChI=1S/C32H36N4O2S/c1-23(2)21-36(27-15-8-5-9-16-27)32-33-29(22-39-32)31(38)35-34-30(37)17-11-10-14-26-19-18-24(3)20-28(26)25-12-6-4-7-13-25/h4-9,12-13,15-16,18-20,22-23H,10-11,14,17,21H2,1-3H3,(H,34,37)(H,35,38). The van der Waals surface area contributed by atoms with E-state index >= 15 is 0 Å². The number of benzene rings is 3. The smallest absolute Gasteiger partial charge is 0.289 e. The second kappa shape index (κ2) is 13.7. The van der Waals surface area contributed by atoms with Crippen LogP contribution >= 0.6 is 11.3 Å². The minimum atomic E-state index is -0.421. The second-order valence-electron chi connectivity index (χ2n) is 10.1. The number of nitrogens with one attached hydrogen (secondary N) is 2. The van der Waals surface area contributed by atoms with Gasteiger partial charge in [-0.2, -0.15) is 0 Å². The van der Waals surface area contributed by atoms with Crippen molar-refractivity contribution in [3.8, 4) is 11.1 Å². The highest BCUT2D eigenvalue weighted by Crippen LogP contribution is 2.29. The van der Waals surface area contributed by atoms with Crippen LogP contribution in [0.2, 0.25) is 0 Å². The van der Waals surface area contributed by atoms with Gasteiger partial charge in [-0.3, -0.25) is 20.4 Å². The lowest BCUT2D eigenvalue weighted by molar-refractivity contribution is -0.121. The fraction of sp³-hybridized carbons (Fsp3) is 0.281. The van der Waals surface area contributed by atoms with Gasteiger partial charge in [-0.15, -0.1) is 11.3 Å². The Bertz CT molecular complexity index is 1370. The van der Waals surface area contributed by atoms with Crippen molar-refractivity contribution in [3.63, 3.8) is 0 Å². The lowest BCUT2D eigenvalue weighted by Crippen LogP contribution is -2.41. The van der Waals surface area contributed by atoms with E-state index in [1.54, 1.807) is 5.38 Å². The third-order valence-electron chi connectivity index (χ3n) is 6.34. The average Bonchev–Trinajstić information content (AvgIpc) is 3.44. The van der Waals surface area contributed by atoms with Crippen molar-refractivity contribution < 1.29 is 9.59 Å². The maximum absolute atomic E-state index is 12.7. The number of para-hydroxylation sites is 1. The summed E-state index contributed by atoms with van der Waals surface area (Å²) in [4.78, 5) is 31.7. The van der Waals surface area contributed by atoms with E-state index in [0.717, 1.165) is 36.6 Å². The molecule has 1 heterocycles. The number of carbonyl (C=O) groups excluding carboxylic acids is 2. The molecule has 4 rings (SSSR count). The number of unbranched alkanes of at least 4 members (excludes halogenated alkanes) is 1. The Labute approximate surface area is 235 Å². The maximum Gasteiger partial charge on any atom is 0.289 e. The molecule has 2 amide bonds. The lowest BCUT2D eigenvalue weighted by Gasteiger charge is -2.23. The third kappa shape index (κ3) is 8.01. The number of nitrogens with zero attached hydrogens (tertiary/aromatic N) is 2. The molecule has 4 aromatic rings. The number of amides is 2. The topological polar surface area (TPSA) is 74.3 Å². The summed E-state index contributed by atoms with van der Waals surface area (Å²) in [6.07, 6.45) is 2.84. The van der Waals surface area contributed by atoms with Crippen molar-refractivity contribution in [1.82, 2.24) is 15.8 Å². The molecule has 0 bridgehead atoms. The largest absolute Gasteiger partial charge is 0.318 e. The molecule has 0 aliphatic rings. The van der Waals surface area contributed by atoms with Gasteiger partial charge in [-0.1, -0.05) is 86.1 Å². The predicted molar refractivity (Wildman–Crippen MR) is 160 cm³/mol. The van der Waals surface area contributed by atoms with Crippen molar-refractivity contribution >= 4 is 34.0 Å². The van der Waals surface area contributed by atoms with Gasteiger partial charge in [0.25, 0.3) is 5.91 Å². The number of hydrogen-bond donors (Lipinski definition) is 2. The second-order valence-corrected chi connectivity index (χ2v) is 10.9. The quantitative estimate of drug-likeness (QED) is 0.157. The van der Waals surface area contributed by atoms with E-state index in [9.17, 15) is 9.59 Å². The highest BCUT2D eigenvalue weighted by Gasteiger charge is 2.18. The van der Waals surface area contributed by atoms with Crippen LogP contribution in [0.25, 0.3) is 11.1 Å². The molecule has 0 saturated heterocycles. The maximum atomic E-state index is 12.7. The molecule has 0 fully saturated rings. The molecule has 202 valence electrons. The highest BCUT2D eigenvalue weighted by molar-refractivity contribution is 7.14. The van der Waals surface area contributed by atoms with E-state index in [2.05, 4.69) is 84.0 Å². The van der Waals surface area contributed by atoms with Crippen molar-refractivity contribution in [2.75, 3.05) is 11.4 Å². The number of anilines is 2. The molecular formula is C32H36N4O2S. The van der Waals surface area contributed by atoms with E-state index in [-0.39, 0.29) is 11.6 Å². The van der Waals surface area contributed by atoms with E-state index in [0.29, 0.717) is 12.3 Å². The highest BCUT2D eigenvalue weighted by atomic mass is 32.1. The number of aromatic nitrogens is 1. The van der Waals surface area contributed by atoms with Gasteiger partial charge in [-0.25, -0.2) is 4.98 Å². The number of hydrazine groups is 1. The molecule has 0 spiro atoms. The summed E-state index contributed by atoms with van der Waals surface area (Å²) >= 11 is 1.41. The first-order valence-corrected chi connectivity index (χ1v) is 14.3. The number of carbonyl (C=O) groups is 2. The third-order valence-corrected chi connectivity index (χ3v) is 7.20. The number of aryl methyl sites for hydroxylation is 2. The minimum absolute atomic E-state index is 0.211. The van der Waals surface area contributed by atoms with Crippen molar-refractivity contribution in [2.24, 2.45) is 5.92 Å². The Balaban J connectivity index is 1.26. The normalized spacial score (nSPS) is 10.9. The summed E-state index contributed by atoms with van der Waals surface area (Å²) in [5, 5.41) is 2.47. The van der Waals surface area contributed by atoms with Gasteiger partial charge in [0.05, 0.1) is 0 Å². The van der Waals surface area contributed by atoms with Gasteiger partial charge in [-0.05, 0) is 60.9 Å². The van der Waals surface area contributed by atoms with Crippen LogP contribution in [0, 0.1) is 12.8 Å². The van der Waals surface area contributed by atoms with E-state index < -0.39 is 5.91 Å². The van der Waals surface area contributed by atoms with E-state index in [1.807, 2.05) is 36.4 Å². The fourth-order valence-electron chi connectivity index (χ4n) is 4.41. The van der Waals surface area contributed by atoms with Crippen LogP contribution in [-0.2, 0) is 11.2 Å². The van der Waals surface area contributed by atoms with Gasteiger partial charge in [0.2, 0.25) is 5.91 Å². The van der Waals surface area contributed by atoms with Crippen LogP contribution in [0.4, 0.5) is 10.8 Å². The SMILES string of the molecule is Cc1ccc(CCCCC(=O)NNC(=O)c2csc(N(CC(C)C)c3ccccc3)n2)c(-c2ccccc2)c1. The zero-order chi connectivity index (χ0) is 27.6. The molecular weight excluding hydrogens is 504 g/mol. The summed E-state index contributed by atoms with van der Waals surface area (Å²) in [5.41, 5.74) is 11.3. The van der Waals surface area contributed by atoms with Gasteiger partial charge in [0.15, 0.2) is 5.13 Å². The van der Waals surface area contributed by atoms with E-state index in [4.69, 9.17) is 0 Å². The number of thiazole rings is 1. The molecule has 0 aliphatic carbocycles. The molecule has 0 aliphatic heterocycles. The fourth-order valence-corrected chi connectivity index (χ4v) is 5.24. The summed E-state index contributed by atoms with van der Waals surface area (Å²) < 4.78 is 0. The summed E-state index contributed by atoms with van der Waals surface area (Å²) in [6, 6.07) is 26.9. The molecule has 2 N–H and O–H groups in total. The van der Waals surface area contributed by atoms with E-state index in [1.165, 1.54) is 33.6 Å². The Hall–Kier alpha value is -3.97. The first-order chi connectivity index (χ1) is 18.9. The molecule has 0 saturated carbocycles. The Kier molecular flexibility index (Phi) is 9.86. The molecule has 0 unspecified atom stereocenters. The van der Waals surface area contributed by atoms with Gasteiger partial charge in [0, 0.05) is 24.0 Å². The van der Waals surface area contributed by atoms with Crippen LogP contribution in [0.15, 0.2) is 84.2 Å². The zero-order valence-electron chi connectivity index (χ0n) is 22.8. The summed E-state index contributed by atoms with van der Waals surface area (Å²) in [5.74, 6) is -0.214. The van der Waals surface area contributed by atoms with Crippen molar-refractivity contribution in [3.05, 3.63) is 101 Å². The Morgan fingerprint density at radius 1 is 0.923 bits per heavy atom. The minimum Gasteiger partial charge on any atom is -0.318 e. The van der Waals surface area contributed by atoms with Gasteiger partial charge in [0.1, 0.15) is 5.69 Å². The first kappa shape index (κ1) is 28.0. The Morgan fingerprint density at radius 3 is 2.36 bits per heavy atom. The average molecular weight is 541 g/mol. The predicted octanol–water partition coefficient (Wildman–Crippen LogP) is 7.09. The number of rotatable bonds is 11. The molecule has 7 heteroatoms. The molecule has 6 nitrogen and oxygen atoms in total. The number of hydrogen-bond acceptors (Lipinski definition) is 5. The van der Waals surface area contributed by atoms with Crippen LogP contribution < -0.4 is 15.8 Å². The first-order valence-electron chi connectivity index (χ1n) is 13.4. The van der Waals surface area contributed by atoms with Crippen molar-refractivity contribution in [2.45, 2.75) is 46.5 Å². The zero-order valence-corrected chi connectivity index (χ0v) is 23.6.